The Morgan fingerprint density at radius 2 is 1.66 bits per heavy atom. The Morgan fingerprint density at radius 3 is 2.31 bits per heavy atom. The van der Waals surface area contributed by atoms with Crippen LogP contribution in [-0.4, -0.2) is 60.6 Å². The number of benzene rings is 2. The monoisotopic (exact) mass is 481 g/mol. The summed E-state index contributed by atoms with van der Waals surface area (Å²) in [4.78, 5) is 52.2. The van der Waals surface area contributed by atoms with Crippen LogP contribution in [0, 0.1) is 0 Å². The lowest BCUT2D eigenvalue weighted by Gasteiger charge is -2.40. The Kier molecular flexibility index (Phi) is 8.27. The van der Waals surface area contributed by atoms with Gasteiger partial charge in [0, 0.05) is 18.0 Å². The lowest BCUT2D eigenvalue weighted by molar-refractivity contribution is -0.150. The number of hydrogen-bond acceptors (Lipinski definition) is 7. The van der Waals surface area contributed by atoms with E-state index in [0.717, 1.165) is 5.56 Å². The van der Waals surface area contributed by atoms with Gasteiger partial charge in [-0.25, -0.2) is 14.4 Å². The first kappa shape index (κ1) is 25.9. The Labute approximate surface area is 205 Å². The fourth-order valence-corrected chi connectivity index (χ4v) is 4.10. The van der Waals surface area contributed by atoms with Crippen molar-refractivity contribution in [3.8, 4) is 0 Å². The molecule has 1 heterocycles. The van der Waals surface area contributed by atoms with Gasteiger partial charge >= 0.3 is 18.0 Å². The van der Waals surface area contributed by atoms with Crippen molar-refractivity contribution in [1.29, 1.82) is 0 Å². The number of carbonyl (C=O) groups excluding carboxylic acids is 4. The van der Waals surface area contributed by atoms with Gasteiger partial charge in [0.25, 0.3) is 0 Å². The number of methoxy groups -OCH3 is 1. The molecule has 1 fully saturated rings. The quantitative estimate of drug-likeness (QED) is 0.343. The predicted molar refractivity (Wildman–Crippen MR) is 128 cm³/mol. The van der Waals surface area contributed by atoms with Crippen LogP contribution >= 0.6 is 0 Å². The summed E-state index contributed by atoms with van der Waals surface area (Å²) in [6.07, 6.45) is 0.775. The van der Waals surface area contributed by atoms with E-state index in [1.165, 1.54) is 30.2 Å². The van der Waals surface area contributed by atoms with Crippen LogP contribution in [0.4, 0.5) is 4.79 Å². The fourth-order valence-electron chi connectivity index (χ4n) is 4.10. The summed E-state index contributed by atoms with van der Waals surface area (Å²) in [5.74, 6) is -2.03. The topological polar surface area (TPSA) is 99.2 Å². The number of amides is 1. The van der Waals surface area contributed by atoms with Crippen molar-refractivity contribution < 1.29 is 33.4 Å². The molecule has 0 saturated carbocycles. The van der Waals surface area contributed by atoms with Gasteiger partial charge < -0.3 is 14.2 Å². The normalized spacial score (nSPS) is 17.9. The van der Waals surface area contributed by atoms with Crippen LogP contribution in [0.5, 0.6) is 0 Å². The number of rotatable bonds is 6. The maximum absolute atomic E-state index is 13.3. The molecule has 0 aromatic heterocycles. The predicted octanol–water partition coefficient (Wildman–Crippen LogP) is 4.38. The van der Waals surface area contributed by atoms with Crippen LogP contribution in [0.25, 0.3) is 0 Å². The van der Waals surface area contributed by atoms with Gasteiger partial charge in [-0.05, 0) is 51.3 Å². The molecule has 3 rings (SSSR count). The average molecular weight is 482 g/mol. The summed E-state index contributed by atoms with van der Waals surface area (Å²) in [7, 11) is 1.25. The zero-order valence-corrected chi connectivity index (χ0v) is 20.5. The summed E-state index contributed by atoms with van der Waals surface area (Å²) >= 11 is 0. The Balaban J connectivity index is 1.80. The summed E-state index contributed by atoms with van der Waals surface area (Å²) in [6.45, 7) is 5.10. The zero-order chi connectivity index (χ0) is 25.6. The van der Waals surface area contributed by atoms with Gasteiger partial charge in [-0.2, -0.15) is 0 Å². The van der Waals surface area contributed by atoms with Crippen molar-refractivity contribution >= 4 is 23.8 Å². The maximum Gasteiger partial charge on any atom is 0.411 e. The van der Waals surface area contributed by atoms with Gasteiger partial charge in [0.15, 0.2) is 12.4 Å². The molecular weight excluding hydrogens is 450 g/mol. The molecule has 186 valence electrons. The molecular formula is C27H31NO7. The number of piperidine rings is 1. The molecule has 2 aromatic carbocycles. The van der Waals surface area contributed by atoms with Crippen molar-refractivity contribution in [2.75, 3.05) is 20.3 Å². The molecule has 0 unspecified atom stereocenters. The molecule has 1 saturated heterocycles. The summed E-state index contributed by atoms with van der Waals surface area (Å²) in [6, 6.07) is 14.5. The number of hydrogen-bond donors (Lipinski definition) is 0. The second-order valence-corrected chi connectivity index (χ2v) is 9.38. The second kappa shape index (κ2) is 11.2. The Morgan fingerprint density at radius 1 is 0.971 bits per heavy atom. The van der Waals surface area contributed by atoms with Crippen LogP contribution in [0.2, 0.25) is 0 Å². The standard InChI is InChI=1S/C27H31NO7/c1-27(2,3)35-26(32)28-15-9-14-21(18-10-6-5-7-11-18)23(28)25(31)34-17-22(29)19-12-8-13-20(16-19)24(30)33-4/h5-8,10-13,16,21,23H,9,14-15,17H2,1-4H3/t21-,23-/m0/s1. The third-order valence-corrected chi connectivity index (χ3v) is 5.68. The molecule has 0 bridgehead atoms. The molecule has 1 aliphatic heterocycles. The number of ether oxygens (including phenoxy) is 3. The zero-order valence-electron chi connectivity index (χ0n) is 20.5. The smallest absolute Gasteiger partial charge is 0.411 e. The minimum Gasteiger partial charge on any atom is -0.465 e. The van der Waals surface area contributed by atoms with Crippen LogP contribution < -0.4 is 0 Å². The Bertz CT molecular complexity index is 1070. The van der Waals surface area contributed by atoms with Crippen LogP contribution in [0.1, 0.15) is 65.8 Å². The van der Waals surface area contributed by atoms with E-state index >= 15 is 0 Å². The highest BCUT2D eigenvalue weighted by molar-refractivity contribution is 6.00. The molecule has 0 N–H and O–H groups in total. The highest BCUT2D eigenvalue weighted by Gasteiger charge is 2.42. The maximum atomic E-state index is 13.3. The number of likely N-dealkylation sites (tertiary alicyclic amines) is 1. The largest absolute Gasteiger partial charge is 0.465 e. The lowest BCUT2D eigenvalue weighted by atomic mass is 9.83. The molecule has 0 spiro atoms. The van der Waals surface area contributed by atoms with Crippen LogP contribution in [-0.2, 0) is 19.0 Å². The summed E-state index contributed by atoms with van der Waals surface area (Å²) < 4.78 is 15.7. The molecule has 0 radical (unpaired) electrons. The van der Waals surface area contributed by atoms with Crippen molar-refractivity contribution in [1.82, 2.24) is 4.90 Å². The van der Waals surface area contributed by atoms with E-state index in [2.05, 4.69) is 4.74 Å². The minimum atomic E-state index is -0.935. The van der Waals surface area contributed by atoms with E-state index < -0.39 is 42.1 Å². The number of nitrogens with zero attached hydrogens (tertiary/aromatic N) is 1. The van der Waals surface area contributed by atoms with Crippen molar-refractivity contribution in [3.05, 3.63) is 71.3 Å². The Hall–Kier alpha value is -3.68. The molecule has 35 heavy (non-hydrogen) atoms. The van der Waals surface area contributed by atoms with Crippen molar-refractivity contribution in [3.63, 3.8) is 0 Å². The van der Waals surface area contributed by atoms with Crippen molar-refractivity contribution in [2.45, 2.75) is 51.2 Å². The first-order valence-electron chi connectivity index (χ1n) is 11.5. The molecule has 2 aromatic rings. The van der Waals surface area contributed by atoms with E-state index in [0.29, 0.717) is 19.4 Å². The average Bonchev–Trinajstić information content (AvgIpc) is 2.85. The van der Waals surface area contributed by atoms with Gasteiger partial charge in [0.05, 0.1) is 12.7 Å². The third-order valence-electron chi connectivity index (χ3n) is 5.68. The van der Waals surface area contributed by atoms with Crippen LogP contribution in [0.3, 0.4) is 0 Å². The van der Waals surface area contributed by atoms with E-state index in [1.54, 1.807) is 26.8 Å². The van der Waals surface area contributed by atoms with Gasteiger partial charge in [-0.3, -0.25) is 9.69 Å². The van der Waals surface area contributed by atoms with Crippen molar-refractivity contribution in [2.24, 2.45) is 0 Å². The van der Waals surface area contributed by atoms with E-state index in [4.69, 9.17) is 9.47 Å². The third kappa shape index (κ3) is 6.68. The van der Waals surface area contributed by atoms with Crippen LogP contribution in [0.15, 0.2) is 54.6 Å². The number of esters is 2. The SMILES string of the molecule is COC(=O)c1cccc(C(=O)COC(=O)[C@@H]2[C@H](c3ccccc3)CCCN2C(=O)OC(C)(C)C)c1. The fraction of sp³-hybridized carbons (Fsp3) is 0.407. The van der Waals surface area contributed by atoms with E-state index in [-0.39, 0.29) is 17.0 Å². The lowest BCUT2D eigenvalue weighted by Crippen LogP contribution is -2.53. The number of Topliss-reactive ketones (excluding diaryl/α,β-unsaturated/α-hetero) is 1. The molecule has 2 atom stereocenters. The van der Waals surface area contributed by atoms with E-state index in [1.807, 2.05) is 30.3 Å². The van der Waals surface area contributed by atoms with Gasteiger partial charge in [0.1, 0.15) is 11.6 Å². The molecule has 8 nitrogen and oxygen atoms in total. The molecule has 8 heteroatoms. The first-order chi connectivity index (χ1) is 16.6. The second-order valence-electron chi connectivity index (χ2n) is 9.38. The number of ketones is 1. The van der Waals surface area contributed by atoms with Gasteiger partial charge in [-0.1, -0.05) is 42.5 Å². The first-order valence-corrected chi connectivity index (χ1v) is 11.5. The van der Waals surface area contributed by atoms with E-state index in [9.17, 15) is 19.2 Å². The molecule has 0 aliphatic carbocycles. The molecule has 1 amide bonds. The van der Waals surface area contributed by atoms with Gasteiger partial charge in [0.2, 0.25) is 0 Å². The highest BCUT2D eigenvalue weighted by Crippen LogP contribution is 2.34. The highest BCUT2D eigenvalue weighted by atomic mass is 16.6. The minimum absolute atomic E-state index is 0.216. The van der Waals surface area contributed by atoms with Gasteiger partial charge in [-0.15, -0.1) is 0 Å². The molecule has 1 aliphatic rings. The summed E-state index contributed by atoms with van der Waals surface area (Å²) in [5, 5.41) is 0. The number of carbonyl (C=O) groups is 4. The summed E-state index contributed by atoms with van der Waals surface area (Å²) in [5.41, 5.74) is 0.608.